The third kappa shape index (κ3) is 5.57. The van der Waals surface area contributed by atoms with Gasteiger partial charge in [0, 0.05) is 12.7 Å². The summed E-state index contributed by atoms with van der Waals surface area (Å²) in [6.45, 7) is 0.774. The number of nitrogens with zero attached hydrogens (tertiary/aromatic N) is 3. The van der Waals surface area contributed by atoms with Gasteiger partial charge in [-0.25, -0.2) is 4.98 Å². The lowest BCUT2D eigenvalue weighted by molar-refractivity contribution is -0.118. The molecule has 0 radical (unpaired) electrons. The minimum absolute atomic E-state index is 0.123. The minimum atomic E-state index is -0.130. The van der Waals surface area contributed by atoms with Gasteiger partial charge in [-0.15, -0.1) is 11.3 Å². The lowest BCUT2D eigenvalue weighted by Crippen LogP contribution is -2.28. The maximum atomic E-state index is 13.1. The molecule has 0 saturated carbocycles. The molecule has 0 atom stereocenters. The molecule has 0 bridgehead atoms. The van der Waals surface area contributed by atoms with E-state index in [1.807, 2.05) is 47.8 Å². The van der Waals surface area contributed by atoms with Crippen LogP contribution in [0.5, 0.6) is 11.5 Å². The van der Waals surface area contributed by atoms with Crippen molar-refractivity contribution in [3.63, 3.8) is 0 Å². The van der Waals surface area contributed by atoms with E-state index in [0.29, 0.717) is 46.4 Å². The summed E-state index contributed by atoms with van der Waals surface area (Å²) in [6.07, 6.45) is 2.34. The van der Waals surface area contributed by atoms with Crippen molar-refractivity contribution >= 4 is 39.2 Å². The predicted molar refractivity (Wildman–Crippen MR) is 134 cm³/mol. The van der Waals surface area contributed by atoms with Gasteiger partial charge in [0.15, 0.2) is 16.7 Å². The van der Waals surface area contributed by atoms with Crippen molar-refractivity contribution in [2.75, 3.05) is 26.5 Å². The van der Waals surface area contributed by atoms with Crippen molar-refractivity contribution in [2.45, 2.75) is 18.1 Å². The molecule has 3 heterocycles. The number of hydrogen-bond acceptors (Lipinski definition) is 8. The van der Waals surface area contributed by atoms with Gasteiger partial charge >= 0.3 is 0 Å². The van der Waals surface area contributed by atoms with Crippen LogP contribution in [0.2, 0.25) is 0 Å². The number of rotatable bonds is 10. The van der Waals surface area contributed by atoms with Gasteiger partial charge in [-0.2, -0.15) is 0 Å². The molecule has 0 unspecified atom stereocenters. The monoisotopic (exact) mass is 496 g/mol. The summed E-state index contributed by atoms with van der Waals surface area (Å²) in [5, 5.41) is 5.27. The third-order valence-corrected chi connectivity index (χ3v) is 6.96. The van der Waals surface area contributed by atoms with Crippen LogP contribution in [0.3, 0.4) is 0 Å². The van der Waals surface area contributed by atoms with E-state index in [4.69, 9.17) is 9.47 Å². The molecule has 4 rings (SSSR count). The predicted octanol–water partition coefficient (Wildman–Crippen LogP) is 3.37. The Morgan fingerprint density at radius 3 is 2.76 bits per heavy atom. The number of fused-ring (bicyclic) bond motifs is 1. The van der Waals surface area contributed by atoms with Gasteiger partial charge in [0.2, 0.25) is 5.91 Å². The zero-order valence-electron chi connectivity index (χ0n) is 18.8. The summed E-state index contributed by atoms with van der Waals surface area (Å²) in [7, 11) is 3.19. The molecule has 176 valence electrons. The van der Waals surface area contributed by atoms with Gasteiger partial charge in [-0.3, -0.25) is 19.1 Å². The highest BCUT2D eigenvalue weighted by molar-refractivity contribution is 7.99. The second-order valence-corrected chi connectivity index (χ2v) is 9.18. The number of carbonyl (C=O) groups is 1. The summed E-state index contributed by atoms with van der Waals surface area (Å²) in [6, 6.07) is 13.1. The first kappa shape index (κ1) is 23.8. The Kier molecular flexibility index (Phi) is 7.81. The van der Waals surface area contributed by atoms with Crippen molar-refractivity contribution in [3.05, 3.63) is 75.7 Å². The molecule has 0 aliphatic carbocycles. The quantitative estimate of drug-likeness (QED) is 0.266. The zero-order valence-corrected chi connectivity index (χ0v) is 20.4. The molecule has 0 saturated heterocycles. The van der Waals surface area contributed by atoms with Crippen molar-refractivity contribution in [3.8, 4) is 11.5 Å². The molecule has 0 fully saturated rings. The maximum Gasteiger partial charge on any atom is 0.272 e. The molecule has 0 aliphatic rings. The number of amides is 1. The average Bonchev–Trinajstić information content (AvgIpc) is 3.34. The van der Waals surface area contributed by atoms with Crippen LogP contribution in [-0.2, 0) is 17.8 Å². The van der Waals surface area contributed by atoms with Crippen LogP contribution < -0.4 is 20.3 Å². The molecule has 8 nitrogen and oxygen atoms in total. The minimum Gasteiger partial charge on any atom is -0.493 e. The first-order valence-corrected chi connectivity index (χ1v) is 12.4. The molecule has 34 heavy (non-hydrogen) atoms. The molecule has 0 aliphatic heterocycles. The van der Waals surface area contributed by atoms with E-state index in [1.54, 1.807) is 25.0 Å². The van der Waals surface area contributed by atoms with Gasteiger partial charge in [-0.1, -0.05) is 23.9 Å². The first-order valence-electron chi connectivity index (χ1n) is 10.6. The number of thiophene rings is 1. The van der Waals surface area contributed by atoms with E-state index < -0.39 is 0 Å². The van der Waals surface area contributed by atoms with Crippen LogP contribution in [0.15, 0.2) is 64.0 Å². The fourth-order valence-electron chi connectivity index (χ4n) is 3.39. The Bertz CT molecular complexity index is 1340. The SMILES string of the molecule is COc1ccc(CCNC(=O)CSc2nc3ccsc3c(=O)n2Cc2ccccn2)cc1OC. The Morgan fingerprint density at radius 2 is 2.00 bits per heavy atom. The topological polar surface area (TPSA) is 95.3 Å². The second-order valence-electron chi connectivity index (χ2n) is 7.32. The van der Waals surface area contributed by atoms with Crippen LogP contribution in [0.25, 0.3) is 10.2 Å². The number of carbonyl (C=O) groups excluding carboxylic acids is 1. The third-order valence-electron chi connectivity index (χ3n) is 5.09. The van der Waals surface area contributed by atoms with E-state index in [0.717, 1.165) is 11.3 Å². The van der Waals surface area contributed by atoms with Crippen LogP contribution >= 0.6 is 23.1 Å². The van der Waals surface area contributed by atoms with Crippen LogP contribution in [-0.4, -0.2) is 47.0 Å². The number of thioether (sulfide) groups is 1. The second kappa shape index (κ2) is 11.2. The van der Waals surface area contributed by atoms with Crippen molar-refractivity contribution < 1.29 is 14.3 Å². The first-order chi connectivity index (χ1) is 16.6. The normalized spacial score (nSPS) is 10.9. The number of methoxy groups -OCH3 is 2. The lowest BCUT2D eigenvalue weighted by atomic mass is 10.1. The Morgan fingerprint density at radius 1 is 1.15 bits per heavy atom. The summed E-state index contributed by atoms with van der Waals surface area (Å²) in [5.41, 5.74) is 2.30. The van der Waals surface area contributed by atoms with Gasteiger partial charge < -0.3 is 14.8 Å². The molecular formula is C24H24N4O4S2. The van der Waals surface area contributed by atoms with Crippen LogP contribution in [0, 0.1) is 0 Å². The summed E-state index contributed by atoms with van der Waals surface area (Å²) >= 11 is 2.61. The molecule has 3 aromatic heterocycles. The van der Waals surface area contributed by atoms with Gasteiger partial charge in [-0.05, 0) is 47.7 Å². The van der Waals surface area contributed by atoms with Crippen LogP contribution in [0.4, 0.5) is 0 Å². The molecule has 10 heteroatoms. The molecule has 1 aromatic carbocycles. The number of ether oxygens (including phenoxy) is 2. The summed E-state index contributed by atoms with van der Waals surface area (Å²) < 4.78 is 12.8. The highest BCUT2D eigenvalue weighted by Crippen LogP contribution is 2.27. The van der Waals surface area contributed by atoms with E-state index in [2.05, 4.69) is 15.3 Å². The van der Waals surface area contributed by atoms with E-state index in [-0.39, 0.29) is 17.2 Å². The van der Waals surface area contributed by atoms with Crippen molar-refractivity contribution in [2.24, 2.45) is 0 Å². The average molecular weight is 497 g/mol. The molecule has 1 N–H and O–H groups in total. The number of nitrogens with one attached hydrogen (secondary N) is 1. The number of pyridine rings is 1. The number of hydrogen-bond donors (Lipinski definition) is 1. The Labute approximate surface area is 205 Å². The van der Waals surface area contributed by atoms with E-state index >= 15 is 0 Å². The Balaban J connectivity index is 1.40. The highest BCUT2D eigenvalue weighted by Gasteiger charge is 2.15. The van der Waals surface area contributed by atoms with Gasteiger partial charge in [0.05, 0.1) is 37.7 Å². The molecule has 1 amide bonds. The number of benzene rings is 1. The van der Waals surface area contributed by atoms with Crippen molar-refractivity contribution in [1.82, 2.24) is 19.9 Å². The lowest BCUT2D eigenvalue weighted by Gasteiger charge is -2.12. The highest BCUT2D eigenvalue weighted by atomic mass is 32.2. The Hall–Kier alpha value is -3.37. The standard InChI is InChI=1S/C24H24N4O4S2/c1-31-19-7-6-16(13-20(19)32-2)8-11-26-21(29)15-34-24-27-18-9-12-33-22(18)23(30)28(24)14-17-5-3-4-10-25-17/h3-7,9-10,12-13H,8,11,14-15H2,1-2H3,(H,26,29). The van der Waals surface area contributed by atoms with E-state index in [1.165, 1.54) is 23.1 Å². The zero-order chi connectivity index (χ0) is 23.9. The molecular weight excluding hydrogens is 472 g/mol. The van der Waals surface area contributed by atoms with E-state index in [9.17, 15) is 9.59 Å². The fourth-order valence-corrected chi connectivity index (χ4v) is 5.00. The maximum absolute atomic E-state index is 13.1. The van der Waals surface area contributed by atoms with Gasteiger partial charge in [0.25, 0.3) is 5.56 Å². The molecule has 4 aromatic rings. The largest absolute Gasteiger partial charge is 0.493 e. The summed E-state index contributed by atoms with van der Waals surface area (Å²) in [4.78, 5) is 34.5. The van der Waals surface area contributed by atoms with Gasteiger partial charge in [0.1, 0.15) is 4.70 Å². The fraction of sp³-hybridized carbons (Fsp3) is 0.250. The van der Waals surface area contributed by atoms with Crippen LogP contribution in [0.1, 0.15) is 11.3 Å². The number of aromatic nitrogens is 3. The molecule has 0 spiro atoms. The summed E-state index contributed by atoms with van der Waals surface area (Å²) in [5.74, 6) is 1.34. The smallest absolute Gasteiger partial charge is 0.272 e. The van der Waals surface area contributed by atoms with Crippen molar-refractivity contribution in [1.29, 1.82) is 0 Å².